The molecule has 0 spiro atoms. The van der Waals surface area contributed by atoms with E-state index in [1.54, 1.807) is 42.5 Å². The average molecular weight is 561 g/mol. The number of nitrogens with one attached hydrogen (secondary N) is 1. The number of aryl methyl sites for hydroxylation is 1. The quantitative estimate of drug-likeness (QED) is 0.233. The molecule has 7 nitrogen and oxygen atoms in total. The fourth-order valence-electron chi connectivity index (χ4n) is 3.57. The Balaban J connectivity index is 2.10. The zero-order valence-corrected chi connectivity index (χ0v) is 22.2. The van der Waals surface area contributed by atoms with Crippen molar-refractivity contribution in [3.05, 3.63) is 96.1 Å². The van der Waals surface area contributed by atoms with Crippen LogP contribution < -0.4 is 9.18 Å². The van der Waals surface area contributed by atoms with Gasteiger partial charge in [0.15, 0.2) is 0 Å². The Labute approximate surface area is 212 Å². The first-order valence-electron chi connectivity index (χ1n) is 10.8. The van der Waals surface area contributed by atoms with E-state index in [-0.39, 0.29) is 11.3 Å². The molecule has 3 aromatic rings. The van der Waals surface area contributed by atoms with Gasteiger partial charge in [-0.3, -0.25) is 0 Å². The van der Waals surface area contributed by atoms with Gasteiger partial charge >= 0.3 is 212 Å². The molecule has 0 fully saturated rings. The fraction of sp³-hybridized carbons (Fsp3) is 0.231. The molecular weight excluding hydrogens is 533 g/mol. The van der Waals surface area contributed by atoms with E-state index in [4.69, 9.17) is 9.47 Å². The number of carbonyl (C=O) groups excluding carboxylic acids is 2. The number of carbonyl (C=O) groups is 2. The van der Waals surface area contributed by atoms with E-state index in [0.717, 1.165) is 10.0 Å². The second-order valence-corrected chi connectivity index (χ2v) is 12.4. The molecule has 9 heteroatoms. The average Bonchev–Trinajstić information content (AvgIpc) is 2.88. The van der Waals surface area contributed by atoms with Crippen LogP contribution in [0.4, 0.5) is 0 Å². The topological polar surface area (TPSA) is 98.8 Å². The second-order valence-electron chi connectivity index (χ2n) is 7.83. The van der Waals surface area contributed by atoms with Gasteiger partial charge in [-0.1, -0.05) is 0 Å². The van der Waals surface area contributed by atoms with Gasteiger partial charge in [-0.25, -0.2) is 0 Å². The van der Waals surface area contributed by atoms with Crippen LogP contribution in [0, 0.1) is 6.92 Å². The molecule has 0 aliphatic heterocycles. The predicted octanol–water partition coefficient (Wildman–Crippen LogP) is 2.94. The molecule has 1 atom stereocenters. The second kappa shape index (κ2) is 11.6. The molecule has 0 saturated carbocycles. The third kappa shape index (κ3) is 6.38. The van der Waals surface area contributed by atoms with E-state index in [1.807, 2.05) is 37.3 Å². The van der Waals surface area contributed by atoms with Gasteiger partial charge in [0.2, 0.25) is 0 Å². The summed E-state index contributed by atoms with van der Waals surface area (Å²) in [4.78, 5) is 26.5. The van der Waals surface area contributed by atoms with Crippen LogP contribution in [0.15, 0.2) is 89.8 Å². The first-order valence-corrected chi connectivity index (χ1v) is 14.0. The third-order valence-corrected chi connectivity index (χ3v) is 9.72. The SMILES string of the molecule is COC(=O)C(CC(NS(=O)(=O)c1ccc(C)cc1)c1ccccc1)([Se]c1ccccc1)C(=O)OC. The molecule has 0 radical (unpaired) electrons. The van der Waals surface area contributed by atoms with Crippen LogP contribution in [0.25, 0.3) is 0 Å². The van der Waals surface area contributed by atoms with Gasteiger partial charge < -0.3 is 0 Å². The van der Waals surface area contributed by atoms with E-state index in [2.05, 4.69) is 4.72 Å². The molecule has 0 aromatic heterocycles. The summed E-state index contributed by atoms with van der Waals surface area (Å²) in [7, 11) is -1.57. The Morgan fingerprint density at radius 3 is 1.89 bits per heavy atom. The molecule has 184 valence electrons. The Morgan fingerprint density at radius 1 is 0.857 bits per heavy atom. The van der Waals surface area contributed by atoms with Crippen molar-refractivity contribution >= 4 is 41.4 Å². The van der Waals surface area contributed by atoms with E-state index in [9.17, 15) is 18.0 Å². The molecule has 0 saturated heterocycles. The summed E-state index contributed by atoms with van der Waals surface area (Å²) >= 11 is -0.767. The molecule has 1 N–H and O–H groups in total. The van der Waals surface area contributed by atoms with Crippen LogP contribution >= 0.6 is 0 Å². The number of hydrogen-bond donors (Lipinski definition) is 1. The van der Waals surface area contributed by atoms with Crippen LogP contribution in [-0.2, 0) is 29.1 Å². The molecule has 0 bridgehead atoms. The van der Waals surface area contributed by atoms with Gasteiger partial charge in [-0.15, -0.1) is 0 Å². The van der Waals surface area contributed by atoms with Crippen molar-refractivity contribution < 1.29 is 27.5 Å². The van der Waals surface area contributed by atoms with Crippen LogP contribution in [0.1, 0.15) is 23.6 Å². The standard InChI is InChI=1S/C26H27NO6SSe/c1-19-14-16-21(17-15-19)34(30,31)27-23(20-10-6-4-7-11-20)18-26(24(28)32-2,25(29)33-3)35-22-12-8-5-9-13-22/h4-17,23,27H,18H2,1-3H3. The Hall–Kier alpha value is -2.97. The van der Waals surface area contributed by atoms with E-state index < -0.39 is 47.3 Å². The summed E-state index contributed by atoms with van der Waals surface area (Å²) < 4.78 is 38.5. The van der Waals surface area contributed by atoms with E-state index in [1.165, 1.54) is 26.4 Å². The van der Waals surface area contributed by atoms with Gasteiger partial charge in [0.25, 0.3) is 0 Å². The van der Waals surface area contributed by atoms with Gasteiger partial charge in [-0.2, -0.15) is 0 Å². The minimum absolute atomic E-state index is 0.0827. The minimum atomic E-state index is -3.98. The first kappa shape index (κ1) is 26.6. The van der Waals surface area contributed by atoms with Crippen molar-refractivity contribution in [2.45, 2.75) is 28.6 Å². The summed E-state index contributed by atoms with van der Waals surface area (Å²) in [6.07, 6.45) is -0.184. The Kier molecular flexibility index (Phi) is 8.86. The van der Waals surface area contributed by atoms with Crippen molar-refractivity contribution in [1.82, 2.24) is 4.72 Å². The van der Waals surface area contributed by atoms with Crippen LogP contribution in [0.5, 0.6) is 0 Å². The number of benzene rings is 3. The number of rotatable bonds is 10. The number of methoxy groups -OCH3 is 2. The normalized spacial score (nSPS) is 12.5. The molecular formula is C26H27NO6SSe. The summed E-state index contributed by atoms with van der Waals surface area (Å²) in [6.45, 7) is 1.86. The molecule has 0 aliphatic carbocycles. The molecule has 3 aromatic carbocycles. The number of sulfonamides is 1. The van der Waals surface area contributed by atoms with Crippen molar-refractivity contribution in [1.29, 1.82) is 0 Å². The maximum atomic E-state index is 13.3. The first-order chi connectivity index (χ1) is 16.7. The molecule has 0 amide bonds. The summed E-state index contributed by atoms with van der Waals surface area (Å²) in [5.41, 5.74) is 1.52. The predicted molar refractivity (Wildman–Crippen MR) is 134 cm³/mol. The molecule has 0 heterocycles. The monoisotopic (exact) mass is 561 g/mol. The van der Waals surface area contributed by atoms with Crippen LogP contribution in [0.3, 0.4) is 0 Å². The zero-order valence-electron chi connectivity index (χ0n) is 19.6. The summed E-state index contributed by atoms with van der Waals surface area (Å²) in [5, 5.41) is 0. The molecule has 1 unspecified atom stereocenters. The number of ether oxygens (including phenoxy) is 2. The number of esters is 2. The van der Waals surface area contributed by atoms with E-state index >= 15 is 0 Å². The van der Waals surface area contributed by atoms with Crippen molar-refractivity contribution in [3.8, 4) is 0 Å². The fourth-order valence-corrected chi connectivity index (χ4v) is 7.48. The summed E-state index contributed by atoms with van der Waals surface area (Å²) in [5.74, 6) is -1.55. The Bertz CT molecular complexity index is 1230. The number of hydrogen-bond acceptors (Lipinski definition) is 6. The van der Waals surface area contributed by atoms with Gasteiger partial charge in [0.05, 0.1) is 0 Å². The molecule has 3 rings (SSSR count). The Morgan fingerprint density at radius 2 is 1.37 bits per heavy atom. The van der Waals surface area contributed by atoms with Crippen LogP contribution in [-0.4, -0.2) is 49.5 Å². The van der Waals surface area contributed by atoms with Gasteiger partial charge in [-0.05, 0) is 0 Å². The molecule has 35 heavy (non-hydrogen) atoms. The van der Waals surface area contributed by atoms with E-state index in [0.29, 0.717) is 5.56 Å². The van der Waals surface area contributed by atoms with Crippen molar-refractivity contribution in [2.24, 2.45) is 0 Å². The van der Waals surface area contributed by atoms with Gasteiger partial charge in [0.1, 0.15) is 0 Å². The van der Waals surface area contributed by atoms with Crippen LogP contribution in [0.2, 0.25) is 4.31 Å². The van der Waals surface area contributed by atoms with Gasteiger partial charge in [0, 0.05) is 0 Å². The summed E-state index contributed by atoms with van der Waals surface area (Å²) in [6, 6.07) is 23.4. The third-order valence-electron chi connectivity index (χ3n) is 5.39. The van der Waals surface area contributed by atoms with Crippen molar-refractivity contribution in [3.63, 3.8) is 0 Å². The van der Waals surface area contributed by atoms with Crippen molar-refractivity contribution in [2.75, 3.05) is 14.2 Å². The molecule has 0 aliphatic rings. The zero-order chi connectivity index (χ0) is 25.5. The maximum absolute atomic E-state index is 13.3.